The summed E-state index contributed by atoms with van der Waals surface area (Å²) in [6.07, 6.45) is 2.05. The minimum absolute atomic E-state index is 0.0527. The zero-order valence-corrected chi connectivity index (χ0v) is 15.0. The number of likely N-dealkylation sites (tertiary alicyclic amines) is 1. The summed E-state index contributed by atoms with van der Waals surface area (Å²) in [6.45, 7) is 9.36. The smallest absolute Gasteiger partial charge is 0.410 e. The Bertz CT molecular complexity index is 529. The van der Waals surface area contributed by atoms with Crippen molar-refractivity contribution in [1.29, 1.82) is 0 Å². The molecule has 1 saturated heterocycles. The molecule has 6 nitrogen and oxygen atoms in total. The van der Waals surface area contributed by atoms with Crippen molar-refractivity contribution in [3.05, 3.63) is 29.8 Å². The molecule has 0 aliphatic carbocycles. The number of hydrogen-bond acceptors (Lipinski definition) is 4. The Hall–Kier alpha value is -2.24. The summed E-state index contributed by atoms with van der Waals surface area (Å²) < 4.78 is 5.21. The Balaban J connectivity index is 0.000000240. The number of amides is 2. The molecule has 0 spiro atoms. The molecule has 1 aliphatic rings. The van der Waals surface area contributed by atoms with Crippen LogP contribution in [0.15, 0.2) is 24.3 Å². The third-order valence-corrected chi connectivity index (χ3v) is 3.24. The Morgan fingerprint density at radius 1 is 1.17 bits per heavy atom. The normalized spacial score (nSPS) is 13.8. The number of ether oxygens (including phenoxy) is 1. The van der Waals surface area contributed by atoms with Crippen LogP contribution in [0.3, 0.4) is 0 Å². The number of nitrogens with one attached hydrogen (secondary N) is 1. The van der Waals surface area contributed by atoms with Crippen molar-refractivity contribution in [3.63, 3.8) is 0 Å². The van der Waals surface area contributed by atoms with Crippen molar-refractivity contribution in [2.75, 3.05) is 13.1 Å². The van der Waals surface area contributed by atoms with Gasteiger partial charge < -0.3 is 20.1 Å². The minimum Gasteiger partial charge on any atom is -0.508 e. The first kappa shape index (κ1) is 19.8. The van der Waals surface area contributed by atoms with E-state index in [1.165, 1.54) is 6.92 Å². The second-order valence-corrected chi connectivity index (χ2v) is 6.75. The average molecular weight is 336 g/mol. The van der Waals surface area contributed by atoms with E-state index in [9.17, 15) is 9.59 Å². The highest BCUT2D eigenvalue weighted by Gasteiger charge is 2.23. The molecule has 2 amide bonds. The molecule has 2 rings (SSSR count). The molecule has 0 atom stereocenters. The van der Waals surface area contributed by atoms with E-state index >= 15 is 0 Å². The van der Waals surface area contributed by atoms with E-state index in [0.717, 1.165) is 31.5 Å². The Labute approximate surface area is 143 Å². The summed E-state index contributed by atoms with van der Waals surface area (Å²) in [5, 5.41) is 11.6. The number of phenols is 1. The highest BCUT2D eigenvalue weighted by Crippen LogP contribution is 2.14. The van der Waals surface area contributed by atoms with E-state index in [-0.39, 0.29) is 23.4 Å². The zero-order chi connectivity index (χ0) is 18.2. The predicted octanol–water partition coefficient (Wildman–Crippen LogP) is 3.05. The van der Waals surface area contributed by atoms with E-state index in [1.807, 2.05) is 20.8 Å². The quantitative estimate of drug-likeness (QED) is 0.870. The highest BCUT2D eigenvalue weighted by molar-refractivity contribution is 5.72. The molecule has 2 N–H and O–H groups in total. The topological polar surface area (TPSA) is 78.9 Å². The van der Waals surface area contributed by atoms with Crippen LogP contribution >= 0.6 is 0 Å². The summed E-state index contributed by atoms with van der Waals surface area (Å²) in [6, 6.07) is 6.73. The lowest BCUT2D eigenvalue weighted by atomic mass is 10.2. The maximum Gasteiger partial charge on any atom is 0.410 e. The lowest BCUT2D eigenvalue weighted by molar-refractivity contribution is -0.119. The van der Waals surface area contributed by atoms with Crippen LogP contribution in [-0.2, 0) is 16.1 Å². The Kier molecular flexibility index (Phi) is 7.55. The molecule has 0 unspecified atom stereocenters. The van der Waals surface area contributed by atoms with E-state index < -0.39 is 0 Å². The van der Waals surface area contributed by atoms with Crippen molar-refractivity contribution in [2.45, 2.75) is 52.7 Å². The highest BCUT2D eigenvalue weighted by atomic mass is 16.6. The third kappa shape index (κ3) is 8.41. The second-order valence-electron chi connectivity index (χ2n) is 6.75. The van der Waals surface area contributed by atoms with Gasteiger partial charge in [0.05, 0.1) is 0 Å². The van der Waals surface area contributed by atoms with Crippen LogP contribution in [0, 0.1) is 0 Å². The van der Waals surface area contributed by atoms with Crippen molar-refractivity contribution >= 4 is 12.0 Å². The molecule has 1 aromatic carbocycles. The van der Waals surface area contributed by atoms with Crippen LogP contribution in [0.25, 0.3) is 0 Å². The number of benzene rings is 1. The van der Waals surface area contributed by atoms with Gasteiger partial charge in [-0.3, -0.25) is 4.79 Å². The first-order valence-electron chi connectivity index (χ1n) is 8.17. The van der Waals surface area contributed by atoms with Gasteiger partial charge in [-0.1, -0.05) is 12.1 Å². The summed E-state index contributed by atoms with van der Waals surface area (Å²) in [5.41, 5.74) is 0.614. The Morgan fingerprint density at radius 2 is 1.71 bits per heavy atom. The van der Waals surface area contributed by atoms with Crippen LogP contribution in [0.4, 0.5) is 4.79 Å². The van der Waals surface area contributed by atoms with Gasteiger partial charge in [0, 0.05) is 26.6 Å². The van der Waals surface area contributed by atoms with Crippen LogP contribution in [0.2, 0.25) is 0 Å². The summed E-state index contributed by atoms with van der Waals surface area (Å²) in [4.78, 5) is 23.7. The van der Waals surface area contributed by atoms with Crippen molar-refractivity contribution in [3.8, 4) is 5.75 Å². The van der Waals surface area contributed by atoms with Crippen molar-refractivity contribution in [1.82, 2.24) is 10.2 Å². The van der Waals surface area contributed by atoms with Crippen LogP contribution in [0.5, 0.6) is 5.75 Å². The molecule has 24 heavy (non-hydrogen) atoms. The molecule has 134 valence electrons. The maximum atomic E-state index is 11.4. The zero-order valence-electron chi connectivity index (χ0n) is 15.0. The summed E-state index contributed by atoms with van der Waals surface area (Å²) in [5.74, 6) is 0.185. The molecule has 6 heteroatoms. The first-order valence-corrected chi connectivity index (χ1v) is 8.17. The van der Waals surface area contributed by atoms with Gasteiger partial charge in [0.25, 0.3) is 0 Å². The van der Waals surface area contributed by atoms with Gasteiger partial charge in [0.2, 0.25) is 5.91 Å². The lowest BCUT2D eigenvalue weighted by Crippen LogP contribution is -2.34. The van der Waals surface area contributed by atoms with Gasteiger partial charge >= 0.3 is 6.09 Å². The largest absolute Gasteiger partial charge is 0.508 e. The van der Waals surface area contributed by atoms with Gasteiger partial charge in [-0.05, 0) is 51.3 Å². The molecule has 1 aromatic rings. The fourth-order valence-corrected chi connectivity index (χ4v) is 2.07. The molecular weight excluding hydrogens is 308 g/mol. The molecule has 0 bridgehead atoms. The number of aromatic hydroxyl groups is 1. The molecule has 0 saturated carbocycles. The van der Waals surface area contributed by atoms with Gasteiger partial charge in [-0.15, -0.1) is 0 Å². The third-order valence-electron chi connectivity index (χ3n) is 3.24. The number of rotatable bonds is 2. The monoisotopic (exact) mass is 336 g/mol. The molecular formula is C18H28N2O4. The molecule has 1 heterocycles. The second kappa shape index (κ2) is 9.15. The van der Waals surface area contributed by atoms with E-state index in [1.54, 1.807) is 29.2 Å². The molecule has 0 aromatic heterocycles. The number of hydrogen-bond donors (Lipinski definition) is 2. The van der Waals surface area contributed by atoms with Crippen LogP contribution in [0.1, 0.15) is 46.1 Å². The van der Waals surface area contributed by atoms with E-state index in [2.05, 4.69) is 5.32 Å². The maximum absolute atomic E-state index is 11.4. The van der Waals surface area contributed by atoms with Crippen molar-refractivity contribution in [2.24, 2.45) is 0 Å². The fraction of sp³-hybridized carbons (Fsp3) is 0.556. The van der Waals surface area contributed by atoms with Gasteiger partial charge in [-0.25, -0.2) is 4.79 Å². The van der Waals surface area contributed by atoms with Gasteiger partial charge in [0.15, 0.2) is 0 Å². The lowest BCUT2D eigenvalue weighted by Gasteiger charge is -2.23. The molecule has 1 fully saturated rings. The van der Waals surface area contributed by atoms with Crippen LogP contribution < -0.4 is 5.32 Å². The standard InChI is InChI=1S/C9H17NO2.C9H11NO2/c1-9(2,3)12-8(11)10-6-4-5-7-10;1-7(11)10-6-8-2-4-9(12)5-3-8/h4-7H2,1-3H3;2-5,12H,6H2,1H3,(H,10,11). The average Bonchev–Trinajstić information content (AvgIpc) is 3.00. The Morgan fingerprint density at radius 3 is 2.17 bits per heavy atom. The summed E-state index contributed by atoms with van der Waals surface area (Å²) in [7, 11) is 0. The SMILES string of the molecule is CC(=O)NCc1ccc(O)cc1.CC(C)(C)OC(=O)N1CCCC1. The molecule has 0 radical (unpaired) electrons. The van der Waals surface area contributed by atoms with E-state index in [0.29, 0.717) is 6.54 Å². The van der Waals surface area contributed by atoms with Crippen LogP contribution in [-0.4, -0.2) is 40.7 Å². The predicted molar refractivity (Wildman–Crippen MR) is 92.7 cm³/mol. The number of nitrogens with zero attached hydrogens (tertiary/aromatic N) is 1. The number of carbonyl (C=O) groups is 2. The van der Waals surface area contributed by atoms with Gasteiger partial charge in [0.1, 0.15) is 11.4 Å². The van der Waals surface area contributed by atoms with Crippen molar-refractivity contribution < 1.29 is 19.4 Å². The fourth-order valence-electron chi connectivity index (χ4n) is 2.07. The first-order chi connectivity index (χ1) is 11.2. The number of phenolic OH excluding ortho intramolecular Hbond substituents is 1. The van der Waals surface area contributed by atoms with E-state index in [4.69, 9.17) is 9.84 Å². The minimum atomic E-state index is -0.361. The van der Waals surface area contributed by atoms with Gasteiger partial charge in [-0.2, -0.15) is 0 Å². The number of carbonyl (C=O) groups excluding carboxylic acids is 2. The summed E-state index contributed by atoms with van der Waals surface area (Å²) >= 11 is 0. The molecule has 1 aliphatic heterocycles.